The maximum Gasteiger partial charge on any atom is 0.243 e. The van der Waals surface area contributed by atoms with Crippen molar-refractivity contribution in [3.8, 4) is 0 Å². The molecule has 1 heterocycles. The molecule has 1 N–H and O–H groups in total. The Balaban J connectivity index is 1.83. The molecule has 2 aliphatic rings. The van der Waals surface area contributed by atoms with Gasteiger partial charge in [0.05, 0.1) is 13.2 Å². The van der Waals surface area contributed by atoms with Gasteiger partial charge in [0, 0.05) is 24.7 Å². The van der Waals surface area contributed by atoms with E-state index in [-0.39, 0.29) is 16.5 Å². The standard InChI is InChI=1S/C17H25FN2O3S/c1-14(19-24(21,22)16-7-3-2-6-15(16)18)17(8-4-5-9-17)20-10-12-23-13-11-20/h2-3,6-7,14,19H,4-5,8-13H2,1H3. The number of morpholine rings is 1. The van der Waals surface area contributed by atoms with Crippen LogP contribution in [-0.4, -0.2) is 51.2 Å². The van der Waals surface area contributed by atoms with Gasteiger partial charge in [-0.05, 0) is 31.9 Å². The van der Waals surface area contributed by atoms with Gasteiger partial charge >= 0.3 is 0 Å². The van der Waals surface area contributed by atoms with Crippen LogP contribution in [0.5, 0.6) is 0 Å². The molecule has 1 saturated heterocycles. The fourth-order valence-corrected chi connectivity index (χ4v) is 5.48. The van der Waals surface area contributed by atoms with Crippen LogP contribution in [0.3, 0.4) is 0 Å². The fraction of sp³-hybridized carbons (Fsp3) is 0.647. The largest absolute Gasteiger partial charge is 0.379 e. The summed E-state index contributed by atoms with van der Waals surface area (Å²) in [6.07, 6.45) is 4.08. The van der Waals surface area contributed by atoms with Crippen molar-refractivity contribution in [2.24, 2.45) is 0 Å². The van der Waals surface area contributed by atoms with E-state index >= 15 is 0 Å². The number of sulfonamides is 1. The van der Waals surface area contributed by atoms with E-state index in [0.29, 0.717) is 13.2 Å². The summed E-state index contributed by atoms with van der Waals surface area (Å²) in [5.41, 5.74) is -0.206. The monoisotopic (exact) mass is 356 g/mol. The van der Waals surface area contributed by atoms with Gasteiger partial charge in [-0.3, -0.25) is 4.90 Å². The van der Waals surface area contributed by atoms with Crippen LogP contribution < -0.4 is 4.72 Å². The van der Waals surface area contributed by atoms with Gasteiger partial charge < -0.3 is 4.74 Å². The van der Waals surface area contributed by atoms with Crippen molar-refractivity contribution in [1.82, 2.24) is 9.62 Å². The third-order valence-corrected chi connectivity index (χ3v) is 6.95. The molecular weight excluding hydrogens is 331 g/mol. The highest BCUT2D eigenvalue weighted by atomic mass is 32.2. The summed E-state index contributed by atoms with van der Waals surface area (Å²) in [4.78, 5) is 2.07. The van der Waals surface area contributed by atoms with E-state index in [1.54, 1.807) is 0 Å². The molecule has 0 aromatic heterocycles. The third-order valence-electron chi connectivity index (χ3n) is 5.37. The van der Waals surface area contributed by atoms with Crippen molar-refractivity contribution >= 4 is 10.0 Å². The lowest BCUT2D eigenvalue weighted by Crippen LogP contribution is -2.62. The number of ether oxygens (including phenoxy) is 1. The maximum atomic E-state index is 13.9. The molecule has 0 bridgehead atoms. The number of nitrogens with one attached hydrogen (secondary N) is 1. The Labute approximate surface area is 143 Å². The minimum absolute atomic E-state index is 0.206. The topological polar surface area (TPSA) is 58.6 Å². The fourth-order valence-electron chi connectivity index (χ4n) is 4.09. The van der Waals surface area contributed by atoms with E-state index in [9.17, 15) is 12.8 Å². The molecule has 134 valence electrons. The van der Waals surface area contributed by atoms with E-state index in [4.69, 9.17) is 4.74 Å². The Hall–Kier alpha value is -1.02. The van der Waals surface area contributed by atoms with Gasteiger partial charge in [0.25, 0.3) is 0 Å². The Morgan fingerprint density at radius 1 is 1.21 bits per heavy atom. The van der Waals surface area contributed by atoms with Gasteiger partial charge in [0.2, 0.25) is 10.0 Å². The number of nitrogens with zero attached hydrogens (tertiary/aromatic N) is 1. The molecule has 0 spiro atoms. The molecule has 1 aliphatic carbocycles. The van der Waals surface area contributed by atoms with Crippen LogP contribution in [0.15, 0.2) is 29.2 Å². The first-order valence-corrected chi connectivity index (χ1v) is 10.0. The highest BCUT2D eigenvalue weighted by Gasteiger charge is 2.45. The molecular formula is C17H25FN2O3S. The number of hydrogen-bond acceptors (Lipinski definition) is 4. The lowest BCUT2D eigenvalue weighted by Gasteiger charge is -2.47. The molecule has 3 rings (SSSR count). The van der Waals surface area contributed by atoms with Gasteiger partial charge in [0.1, 0.15) is 10.7 Å². The number of halogens is 1. The molecule has 1 atom stereocenters. The first-order chi connectivity index (χ1) is 11.5. The molecule has 0 radical (unpaired) electrons. The van der Waals surface area contributed by atoms with E-state index in [2.05, 4.69) is 9.62 Å². The molecule has 1 unspecified atom stereocenters. The van der Waals surface area contributed by atoms with Crippen LogP contribution in [0.25, 0.3) is 0 Å². The third kappa shape index (κ3) is 3.35. The summed E-state index contributed by atoms with van der Waals surface area (Å²) < 4.78 is 47.4. The average Bonchev–Trinajstić information content (AvgIpc) is 3.06. The molecule has 1 aromatic rings. The molecule has 24 heavy (non-hydrogen) atoms. The second kappa shape index (κ2) is 7.07. The average molecular weight is 356 g/mol. The van der Waals surface area contributed by atoms with Gasteiger partial charge in [0.15, 0.2) is 0 Å². The molecule has 0 amide bonds. The van der Waals surface area contributed by atoms with E-state index in [1.165, 1.54) is 24.3 Å². The number of benzene rings is 1. The van der Waals surface area contributed by atoms with Crippen molar-refractivity contribution in [2.75, 3.05) is 26.3 Å². The van der Waals surface area contributed by atoms with E-state index in [0.717, 1.165) is 38.8 Å². The van der Waals surface area contributed by atoms with Gasteiger partial charge in [-0.25, -0.2) is 17.5 Å². The summed E-state index contributed by atoms with van der Waals surface area (Å²) in [5, 5.41) is 0. The molecule has 1 aliphatic heterocycles. The number of hydrogen-bond donors (Lipinski definition) is 1. The predicted molar refractivity (Wildman–Crippen MR) is 89.8 cm³/mol. The first kappa shape index (κ1) is 17.8. The van der Waals surface area contributed by atoms with Crippen LogP contribution in [0, 0.1) is 5.82 Å². The van der Waals surface area contributed by atoms with Crippen LogP contribution in [-0.2, 0) is 14.8 Å². The summed E-state index contributed by atoms with van der Waals surface area (Å²) in [6, 6.07) is 5.22. The van der Waals surface area contributed by atoms with Crippen LogP contribution in [0.2, 0.25) is 0 Å². The lowest BCUT2D eigenvalue weighted by molar-refractivity contribution is -0.0304. The smallest absolute Gasteiger partial charge is 0.243 e. The Kier molecular flexibility index (Phi) is 5.24. The normalized spacial score (nSPS) is 23.2. The molecule has 7 heteroatoms. The van der Waals surface area contributed by atoms with Crippen molar-refractivity contribution < 1.29 is 17.5 Å². The summed E-state index contributed by atoms with van der Waals surface area (Å²) in [5.74, 6) is -0.718. The van der Waals surface area contributed by atoms with Crippen LogP contribution >= 0.6 is 0 Å². The van der Waals surface area contributed by atoms with Crippen LogP contribution in [0.4, 0.5) is 4.39 Å². The Morgan fingerprint density at radius 3 is 2.46 bits per heavy atom. The van der Waals surface area contributed by atoms with Gasteiger partial charge in [-0.2, -0.15) is 0 Å². The van der Waals surface area contributed by atoms with Crippen molar-refractivity contribution in [1.29, 1.82) is 0 Å². The van der Waals surface area contributed by atoms with E-state index < -0.39 is 15.8 Å². The van der Waals surface area contributed by atoms with Crippen molar-refractivity contribution in [3.05, 3.63) is 30.1 Å². The second-order valence-electron chi connectivity index (χ2n) is 6.68. The SMILES string of the molecule is CC(NS(=O)(=O)c1ccccc1F)C1(N2CCOCC2)CCCC1. The van der Waals surface area contributed by atoms with Gasteiger partial charge in [-0.15, -0.1) is 0 Å². The lowest BCUT2D eigenvalue weighted by atomic mass is 9.87. The predicted octanol–water partition coefficient (Wildman–Crippen LogP) is 2.14. The molecule has 2 fully saturated rings. The highest BCUT2D eigenvalue weighted by molar-refractivity contribution is 7.89. The second-order valence-corrected chi connectivity index (χ2v) is 8.37. The maximum absolute atomic E-state index is 13.9. The van der Waals surface area contributed by atoms with Crippen LogP contribution in [0.1, 0.15) is 32.6 Å². The van der Waals surface area contributed by atoms with E-state index in [1.807, 2.05) is 6.92 Å². The Bertz CT molecular complexity index is 668. The summed E-state index contributed by atoms with van der Waals surface area (Å²) >= 11 is 0. The number of rotatable bonds is 5. The molecule has 5 nitrogen and oxygen atoms in total. The molecule has 1 aromatic carbocycles. The Morgan fingerprint density at radius 2 is 1.83 bits per heavy atom. The minimum atomic E-state index is -3.89. The quantitative estimate of drug-likeness (QED) is 0.878. The summed E-state index contributed by atoms with van der Waals surface area (Å²) in [7, 11) is -3.89. The van der Waals surface area contributed by atoms with Gasteiger partial charge in [-0.1, -0.05) is 25.0 Å². The summed E-state index contributed by atoms with van der Waals surface area (Å²) in [6.45, 7) is 4.87. The first-order valence-electron chi connectivity index (χ1n) is 8.55. The highest BCUT2D eigenvalue weighted by Crippen LogP contribution is 2.39. The zero-order valence-corrected chi connectivity index (χ0v) is 14.8. The van der Waals surface area contributed by atoms with Crippen molar-refractivity contribution in [3.63, 3.8) is 0 Å². The molecule has 1 saturated carbocycles. The minimum Gasteiger partial charge on any atom is -0.379 e. The zero-order valence-electron chi connectivity index (χ0n) is 14.0. The zero-order chi connectivity index (χ0) is 17.2. The van der Waals surface area contributed by atoms with Crippen molar-refractivity contribution in [2.45, 2.75) is 49.1 Å².